The Bertz CT molecular complexity index is 1270. The quantitative estimate of drug-likeness (QED) is 0.112. The topological polar surface area (TPSA) is 68.3 Å². The molecule has 7 heteroatoms. The minimum Gasteiger partial charge on any atom is -0.496 e. The van der Waals surface area contributed by atoms with Crippen LogP contribution in [0.1, 0.15) is 38.8 Å². The summed E-state index contributed by atoms with van der Waals surface area (Å²) in [6.07, 6.45) is 11.8. The first-order valence-corrected chi connectivity index (χ1v) is 13.9. The minimum absolute atomic E-state index is 0.0346. The normalized spacial score (nSPS) is 13.0. The Balaban J connectivity index is 1.93. The zero-order chi connectivity index (χ0) is 29.8. The Morgan fingerprint density at radius 3 is 1.44 bits per heavy atom. The lowest BCUT2D eigenvalue weighted by molar-refractivity contribution is -0.109. The molecule has 1 heterocycles. The van der Waals surface area contributed by atoms with Gasteiger partial charge in [0, 0.05) is 60.8 Å². The maximum absolute atomic E-state index is 11.6. The van der Waals surface area contributed by atoms with Crippen molar-refractivity contribution in [2.24, 2.45) is 0 Å². The Morgan fingerprint density at radius 1 is 0.683 bits per heavy atom. The molecule has 0 bridgehead atoms. The highest BCUT2D eigenvalue weighted by Gasteiger charge is 2.13. The molecule has 0 fully saturated rings. The van der Waals surface area contributed by atoms with Gasteiger partial charge in [0.1, 0.15) is 23.0 Å². The highest BCUT2D eigenvalue weighted by Crippen LogP contribution is 2.30. The molecule has 0 radical (unpaired) electrons. The van der Waals surface area contributed by atoms with Gasteiger partial charge in [0.15, 0.2) is 12.6 Å². The van der Waals surface area contributed by atoms with Gasteiger partial charge in [-0.15, -0.1) is 0 Å². The second kappa shape index (κ2) is 15.3. The number of benzene rings is 2. The summed E-state index contributed by atoms with van der Waals surface area (Å²) in [4.78, 5) is 27.7. The molecule has 41 heavy (non-hydrogen) atoms. The molecule has 0 N–H and O–H groups in total. The molecule has 2 aromatic carbocycles. The average Bonchev–Trinajstić information content (AvgIpc) is 3.01. The van der Waals surface area contributed by atoms with Crippen LogP contribution in [0, 0.1) is 0 Å². The van der Waals surface area contributed by atoms with Gasteiger partial charge >= 0.3 is 0 Å². The maximum Gasteiger partial charge on any atom is 0.153 e. The first kappa shape index (κ1) is 31.0. The van der Waals surface area contributed by atoms with Crippen molar-refractivity contribution in [3.8, 4) is 11.5 Å². The van der Waals surface area contributed by atoms with E-state index >= 15 is 0 Å². The lowest BCUT2D eigenvalue weighted by atomic mass is 10.0. The third kappa shape index (κ3) is 7.78. The van der Waals surface area contributed by atoms with Crippen molar-refractivity contribution in [3.05, 3.63) is 94.5 Å². The summed E-state index contributed by atoms with van der Waals surface area (Å²) < 4.78 is 17.4. The number of rotatable bonds is 14. The summed E-state index contributed by atoms with van der Waals surface area (Å²) in [5.74, 6) is 2.41. The number of carbonyl (C=O) groups is 2. The van der Waals surface area contributed by atoms with E-state index in [9.17, 15) is 9.59 Å². The van der Waals surface area contributed by atoms with E-state index in [1.807, 2.05) is 36.4 Å². The van der Waals surface area contributed by atoms with Crippen molar-refractivity contribution in [2.45, 2.75) is 27.7 Å². The molecule has 0 spiro atoms. The Morgan fingerprint density at radius 2 is 1.10 bits per heavy atom. The van der Waals surface area contributed by atoms with Crippen molar-refractivity contribution in [3.63, 3.8) is 0 Å². The predicted octanol–water partition coefficient (Wildman–Crippen LogP) is 6.62. The molecule has 0 aromatic heterocycles. The van der Waals surface area contributed by atoms with Gasteiger partial charge in [-0.1, -0.05) is 0 Å². The molecule has 0 atom stereocenters. The largest absolute Gasteiger partial charge is 0.496 e. The molecular formula is C34H40N2O5. The van der Waals surface area contributed by atoms with Gasteiger partial charge in [0.05, 0.1) is 19.8 Å². The van der Waals surface area contributed by atoms with Crippen molar-refractivity contribution in [2.75, 3.05) is 50.2 Å². The Hall–Kier alpha value is -4.52. The zero-order valence-corrected chi connectivity index (χ0v) is 24.8. The first-order valence-electron chi connectivity index (χ1n) is 13.9. The second-order valence-corrected chi connectivity index (χ2v) is 9.21. The van der Waals surface area contributed by atoms with E-state index < -0.39 is 0 Å². The molecule has 0 unspecified atom stereocenters. The molecule has 1 aliphatic heterocycles. The molecule has 216 valence electrons. The zero-order valence-electron chi connectivity index (χ0n) is 24.8. The van der Waals surface area contributed by atoms with Gasteiger partial charge in [-0.2, -0.15) is 0 Å². The van der Waals surface area contributed by atoms with E-state index in [0.29, 0.717) is 29.7 Å². The molecule has 0 amide bonds. The van der Waals surface area contributed by atoms with E-state index in [1.165, 1.54) is 0 Å². The number of hydrogen-bond acceptors (Lipinski definition) is 7. The highest BCUT2D eigenvalue weighted by atomic mass is 16.5. The highest BCUT2D eigenvalue weighted by molar-refractivity contribution is 6.01. The molecule has 0 aliphatic carbocycles. The van der Waals surface area contributed by atoms with E-state index in [4.69, 9.17) is 14.2 Å². The third-order valence-electron chi connectivity index (χ3n) is 6.96. The molecule has 0 saturated heterocycles. The van der Waals surface area contributed by atoms with E-state index in [1.54, 1.807) is 38.5 Å². The van der Waals surface area contributed by atoms with Crippen LogP contribution < -0.4 is 19.3 Å². The SMILES string of the molecule is CCN(CC)c1ccc(/C=C/C2=CC(=C(C=O)C=O)C=C(/C=C/c3ccc(N(CC)CC)cc3OC)O2)c(OC)c1. The van der Waals surface area contributed by atoms with Gasteiger partial charge in [-0.3, -0.25) is 9.59 Å². The van der Waals surface area contributed by atoms with Gasteiger partial charge in [-0.25, -0.2) is 0 Å². The molecule has 1 aliphatic rings. The number of methoxy groups -OCH3 is 2. The maximum atomic E-state index is 11.6. The summed E-state index contributed by atoms with van der Waals surface area (Å²) in [5.41, 5.74) is 4.41. The summed E-state index contributed by atoms with van der Waals surface area (Å²) in [7, 11) is 3.29. The number of nitrogens with zero attached hydrogens (tertiary/aromatic N) is 2. The van der Waals surface area contributed by atoms with Crippen LogP contribution in [0.4, 0.5) is 11.4 Å². The predicted molar refractivity (Wildman–Crippen MR) is 168 cm³/mol. The lowest BCUT2D eigenvalue weighted by Crippen LogP contribution is -2.21. The number of hydrogen-bond donors (Lipinski definition) is 0. The van der Waals surface area contributed by atoms with Crippen molar-refractivity contribution in [1.29, 1.82) is 0 Å². The molecule has 3 rings (SSSR count). The third-order valence-corrected chi connectivity index (χ3v) is 6.96. The minimum atomic E-state index is 0.0346. The van der Waals surface area contributed by atoms with Gasteiger partial charge in [0.2, 0.25) is 0 Å². The number of aldehydes is 2. The molecule has 0 saturated carbocycles. The van der Waals surface area contributed by atoms with Gasteiger partial charge in [0.25, 0.3) is 0 Å². The lowest BCUT2D eigenvalue weighted by Gasteiger charge is -2.22. The second-order valence-electron chi connectivity index (χ2n) is 9.21. The van der Waals surface area contributed by atoms with Crippen LogP contribution in [-0.2, 0) is 14.3 Å². The number of allylic oxidation sites excluding steroid dienone is 6. The Kier molecular flexibility index (Phi) is 11.6. The molecule has 7 nitrogen and oxygen atoms in total. The van der Waals surface area contributed by atoms with Gasteiger partial charge < -0.3 is 24.0 Å². The summed E-state index contributed by atoms with van der Waals surface area (Å²) in [6.45, 7) is 12.1. The van der Waals surface area contributed by atoms with Crippen LogP contribution in [-0.4, -0.2) is 53.0 Å². The van der Waals surface area contributed by atoms with E-state index in [-0.39, 0.29) is 5.57 Å². The van der Waals surface area contributed by atoms with Crippen molar-refractivity contribution >= 4 is 36.1 Å². The van der Waals surface area contributed by atoms with Crippen LogP contribution in [0.3, 0.4) is 0 Å². The Labute approximate surface area is 243 Å². The smallest absolute Gasteiger partial charge is 0.153 e. The first-order chi connectivity index (χ1) is 19.9. The van der Waals surface area contributed by atoms with Crippen LogP contribution in [0.15, 0.2) is 83.4 Å². The monoisotopic (exact) mass is 556 g/mol. The van der Waals surface area contributed by atoms with Crippen LogP contribution >= 0.6 is 0 Å². The van der Waals surface area contributed by atoms with Gasteiger partial charge in [-0.05, 0) is 94.0 Å². The fourth-order valence-corrected chi connectivity index (χ4v) is 4.63. The number of carbonyl (C=O) groups excluding carboxylic acids is 2. The van der Waals surface area contributed by atoms with Crippen LogP contribution in [0.25, 0.3) is 12.2 Å². The summed E-state index contributed by atoms with van der Waals surface area (Å²) in [6, 6.07) is 12.1. The number of anilines is 2. The van der Waals surface area contributed by atoms with E-state index in [2.05, 4.69) is 49.6 Å². The van der Waals surface area contributed by atoms with Crippen molar-refractivity contribution < 1.29 is 23.8 Å². The summed E-state index contributed by atoms with van der Waals surface area (Å²) >= 11 is 0. The standard InChI is InChI=1S/C34H40N2O5/c1-7-35(8-2)29-15-11-25(33(21-29)39-5)13-17-31-19-27(28(23-37)24-38)20-32(41-31)18-14-26-12-16-30(22-34(26)40-6)36(9-3)10-4/h11-24H,7-10H2,1-6H3/b17-13+,18-14+. The fraction of sp³-hybridized carbons (Fsp3) is 0.294. The fourth-order valence-electron chi connectivity index (χ4n) is 4.63. The molecular weight excluding hydrogens is 516 g/mol. The van der Waals surface area contributed by atoms with Crippen LogP contribution in [0.2, 0.25) is 0 Å². The summed E-state index contributed by atoms with van der Waals surface area (Å²) in [5, 5.41) is 0. The van der Waals surface area contributed by atoms with E-state index in [0.717, 1.165) is 60.2 Å². The molecule has 2 aromatic rings. The van der Waals surface area contributed by atoms with Crippen LogP contribution in [0.5, 0.6) is 11.5 Å². The average molecular weight is 557 g/mol. The number of ether oxygens (including phenoxy) is 3. The van der Waals surface area contributed by atoms with Crippen molar-refractivity contribution in [1.82, 2.24) is 0 Å².